The molecule has 16 heavy (non-hydrogen) atoms. The summed E-state index contributed by atoms with van der Waals surface area (Å²) < 4.78 is 22.9. The predicted molar refractivity (Wildman–Crippen MR) is 59.2 cm³/mol. The van der Waals surface area contributed by atoms with Crippen LogP contribution in [0.3, 0.4) is 0 Å². The predicted octanol–water partition coefficient (Wildman–Crippen LogP) is 1.77. The van der Waals surface area contributed by atoms with E-state index in [1.165, 1.54) is 20.3 Å². The van der Waals surface area contributed by atoms with Crippen molar-refractivity contribution in [1.82, 2.24) is 0 Å². The lowest BCUT2D eigenvalue weighted by Crippen LogP contribution is -2.14. The van der Waals surface area contributed by atoms with Gasteiger partial charge in [-0.1, -0.05) is 6.07 Å². The molecule has 0 bridgehead atoms. The molecule has 0 aliphatic rings. The molecule has 0 spiro atoms. The highest BCUT2D eigenvalue weighted by Gasteiger charge is 2.06. The van der Waals surface area contributed by atoms with Crippen LogP contribution in [0.4, 0.5) is 4.39 Å². The van der Waals surface area contributed by atoms with Gasteiger partial charge in [-0.05, 0) is 30.5 Å². The zero-order chi connectivity index (χ0) is 12.0. The molecule has 0 radical (unpaired) electrons. The molecule has 0 aliphatic heterocycles. The highest BCUT2D eigenvalue weighted by Crippen LogP contribution is 2.18. The average Bonchev–Trinajstić information content (AvgIpc) is 2.27. The number of ether oxygens (including phenoxy) is 2. The highest BCUT2D eigenvalue weighted by atomic mass is 19.1. The third-order valence-electron chi connectivity index (χ3n) is 2.34. The minimum Gasteiger partial charge on any atom is -0.494 e. The van der Waals surface area contributed by atoms with Gasteiger partial charge >= 0.3 is 0 Å². The van der Waals surface area contributed by atoms with Crippen molar-refractivity contribution in [2.24, 2.45) is 0 Å². The van der Waals surface area contributed by atoms with E-state index in [1.54, 1.807) is 12.1 Å². The van der Waals surface area contributed by atoms with Crippen molar-refractivity contribution in [3.8, 4) is 5.75 Å². The molecule has 0 saturated carbocycles. The summed E-state index contributed by atoms with van der Waals surface area (Å²) in [6, 6.07) is 4.81. The van der Waals surface area contributed by atoms with Gasteiger partial charge in [0.05, 0.1) is 19.8 Å². The van der Waals surface area contributed by atoms with Crippen LogP contribution in [0.1, 0.15) is 12.0 Å². The molecule has 1 N–H and O–H groups in total. The molecule has 1 rings (SSSR count). The molecule has 1 aromatic carbocycles. The molecule has 1 atom stereocenters. The van der Waals surface area contributed by atoms with Crippen molar-refractivity contribution >= 4 is 0 Å². The van der Waals surface area contributed by atoms with Gasteiger partial charge in [0.2, 0.25) is 0 Å². The minimum atomic E-state index is -0.504. The maximum Gasteiger partial charge on any atom is 0.165 e. The van der Waals surface area contributed by atoms with E-state index in [0.29, 0.717) is 19.4 Å². The molecule has 0 fully saturated rings. The molecule has 1 unspecified atom stereocenters. The summed E-state index contributed by atoms with van der Waals surface area (Å²) in [5.74, 6) is -0.137. The normalized spacial score (nSPS) is 12.5. The van der Waals surface area contributed by atoms with E-state index < -0.39 is 6.10 Å². The molecule has 0 heterocycles. The minimum absolute atomic E-state index is 0.237. The molecule has 0 aliphatic carbocycles. The number of hydrogen-bond donors (Lipinski definition) is 1. The van der Waals surface area contributed by atoms with E-state index in [1.807, 2.05) is 0 Å². The summed E-state index contributed by atoms with van der Waals surface area (Å²) in [4.78, 5) is 0. The molecule has 0 saturated heterocycles. The van der Waals surface area contributed by atoms with Gasteiger partial charge in [0.1, 0.15) is 0 Å². The molecule has 0 aromatic heterocycles. The second kappa shape index (κ2) is 6.45. The average molecular weight is 228 g/mol. The van der Waals surface area contributed by atoms with E-state index in [2.05, 4.69) is 0 Å². The Labute approximate surface area is 94.8 Å². The Balaban J connectivity index is 2.51. The summed E-state index contributed by atoms with van der Waals surface area (Å²) in [6.07, 6.45) is 0.667. The lowest BCUT2D eigenvalue weighted by Gasteiger charge is -2.09. The van der Waals surface area contributed by atoms with Crippen LogP contribution in [-0.4, -0.2) is 32.0 Å². The standard InChI is InChI=1S/C12H17FO3/c1-15-8-10(14)5-3-9-4-6-12(16-2)11(13)7-9/h4,6-7,10,14H,3,5,8H2,1-2H3. The number of benzene rings is 1. The van der Waals surface area contributed by atoms with Crippen molar-refractivity contribution in [3.63, 3.8) is 0 Å². The Morgan fingerprint density at radius 2 is 2.12 bits per heavy atom. The molecule has 4 heteroatoms. The van der Waals surface area contributed by atoms with Crippen LogP contribution >= 0.6 is 0 Å². The van der Waals surface area contributed by atoms with Gasteiger partial charge in [0.25, 0.3) is 0 Å². The zero-order valence-corrected chi connectivity index (χ0v) is 9.57. The first-order chi connectivity index (χ1) is 7.67. The summed E-state index contributed by atoms with van der Waals surface area (Å²) in [5.41, 5.74) is 0.841. The van der Waals surface area contributed by atoms with Crippen LogP contribution in [0, 0.1) is 5.82 Å². The van der Waals surface area contributed by atoms with E-state index in [0.717, 1.165) is 5.56 Å². The molecular weight excluding hydrogens is 211 g/mol. The molecule has 1 aromatic rings. The lowest BCUT2D eigenvalue weighted by atomic mass is 10.1. The van der Waals surface area contributed by atoms with Crippen molar-refractivity contribution in [2.45, 2.75) is 18.9 Å². The van der Waals surface area contributed by atoms with Gasteiger partial charge < -0.3 is 14.6 Å². The second-order valence-electron chi connectivity index (χ2n) is 3.62. The summed E-state index contributed by atoms with van der Waals surface area (Å²) in [7, 11) is 2.97. The first-order valence-corrected chi connectivity index (χ1v) is 5.16. The largest absolute Gasteiger partial charge is 0.494 e. The van der Waals surface area contributed by atoms with E-state index in [9.17, 15) is 9.50 Å². The zero-order valence-electron chi connectivity index (χ0n) is 9.57. The Bertz CT molecular complexity index is 328. The Kier molecular flexibility index (Phi) is 5.22. The van der Waals surface area contributed by atoms with Crippen LogP contribution in [0.15, 0.2) is 18.2 Å². The Hall–Kier alpha value is -1.13. The van der Waals surface area contributed by atoms with Gasteiger partial charge in [-0.2, -0.15) is 0 Å². The van der Waals surface area contributed by atoms with Crippen LogP contribution in [0.25, 0.3) is 0 Å². The van der Waals surface area contributed by atoms with Gasteiger partial charge in [-0.3, -0.25) is 0 Å². The number of methoxy groups -OCH3 is 2. The van der Waals surface area contributed by atoms with Crippen LogP contribution in [0.2, 0.25) is 0 Å². The van der Waals surface area contributed by atoms with Crippen molar-refractivity contribution in [1.29, 1.82) is 0 Å². The van der Waals surface area contributed by atoms with Gasteiger partial charge in [0.15, 0.2) is 11.6 Å². The van der Waals surface area contributed by atoms with Crippen LogP contribution in [0.5, 0.6) is 5.75 Å². The van der Waals surface area contributed by atoms with Gasteiger partial charge in [0, 0.05) is 7.11 Å². The lowest BCUT2D eigenvalue weighted by molar-refractivity contribution is 0.0595. The number of aryl methyl sites for hydroxylation is 1. The highest BCUT2D eigenvalue weighted by molar-refractivity contribution is 5.29. The fraction of sp³-hybridized carbons (Fsp3) is 0.500. The molecular formula is C12H17FO3. The first kappa shape index (κ1) is 12.9. The molecule has 90 valence electrons. The Morgan fingerprint density at radius 1 is 1.38 bits per heavy atom. The summed E-state index contributed by atoms with van der Waals surface area (Å²) >= 11 is 0. The Morgan fingerprint density at radius 3 is 2.69 bits per heavy atom. The maximum atomic E-state index is 13.3. The number of rotatable bonds is 6. The molecule has 0 amide bonds. The quantitative estimate of drug-likeness (QED) is 0.806. The molecule has 3 nitrogen and oxygen atoms in total. The van der Waals surface area contributed by atoms with Crippen molar-refractivity contribution in [3.05, 3.63) is 29.6 Å². The topological polar surface area (TPSA) is 38.7 Å². The second-order valence-corrected chi connectivity index (χ2v) is 3.62. The van der Waals surface area contributed by atoms with E-state index in [4.69, 9.17) is 9.47 Å². The fourth-order valence-corrected chi connectivity index (χ4v) is 1.47. The van der Waals surface area contributed by atoms with E-state index in [-0.39, 0.29) is 11.6 Å². The van der Waals surface area contributed by atoms with E-state index >= 15 is 0 Å². The monoisotopic (exact) mass is 228 g/mol. The van der Waals surface area contributed by atoms with Crippen molar-refractivity contribution < 1.29 is 19.0 Å². The summed E-state index contributed by atoms with van der Waals surface area (Å²) in [5, 5.41) is 9.44. The van der Waals surface area contributed by atoms with Gasteiger partial charge in [-0.25, -0.2) is 4.39 Å². The summed E-state index contributed by atoms with van der Waals surface area (Å²) in [6.45, 7) is 0.304. The number of aliphatic hydroxyl groups excluding tert-OH is 1. The first-order valence-electron chi connectivity index (χ1n) is 5.16. The maximum absolute atomic E-state index is 13.3. The third kappa shape index (κ3) is 3.79. The number of halogens is 1. The smallest absolute Gasteiger partial charge is 0.165 e. The third-order valence-corrected chi connectivity index (χ3v) is 2.34. The van der Waals surface area contributed by atoms with Crippen LogP contribution < -0.4 is 4.74 Å². The van der Waals surface area contributed by atoms with Gasteiger partial charge in [-0.15, -0.1) is 0 Å². The number of aliphatic hydroxyl groups is 1. The fourth-order valence-electron chi connectivity index (χ4n) is 1.47. The number of hydrogen-bond acceptors (Lipinski definition) is 3. The van der Waals surface area contributed by atoms with Crippen molar-refractivity contribution in [2.75, 3.05) is 20.8 Å². The SMILES string of the molecule is COCC(O)CCc1ccc(OC)c(F)c1. The van der Waals surface area contributed by atoms with Crippen LogP contribution in [-0.2, 0) is 11.2 Å².